The predicted octanol–water partition coefficient (Wildman–Crippen LogP) is 5.54. The molecule has 3 aromatic rings. The molecule has 4 nitrogen and oxygen atoms in total. The highest BCUT2D eigenvalue weighted by atomic mass is 35.5. The molecule has 0 bridgehead atoms. The van der Waals surface area contributed by atoms with E-state index in [-0.39, 0.29) is 0 Å². The summed E-state index contributed by atoms with van der Waals surface area (Å²) in [6.07, 6.45) is 0. The largest absolute Gasteiger partial charge is 0.340 e. The molecular formula is C19H19ClN4. The topological polar surface area (TPSA) is 49.8 Å². The molecule has 0 aliphatic heterocycles. The minimum Gasteiger partial charge on any atom is -0.340 e. The summed E-state index contributed by atoms with van der Waals surface area (Å²) >= 11 is 6.18. The molecule has 0 atom stereocenters. The van der Waals surface area contributed by atoms with Crippen molar-refractivity contribution in [3.8, 4) is 0 Å². The molecule has 1 aromatic heterocycles. The van der Waals surface area contributed by atoms with E-state index in [1.807, 2.05) is 37.3 Å². The first kappa shape index (κ1) is 16.3. The zero-order valence-electron chi connectivity index (χ0n) is 13.9. The van der Waals surface area contributed by atoms with Crippen molar-refractivity contribution in [2.75, 3.05) is 10.6 Å². The molecule has 2 N–H and O–H groups in total. The average molecular weight is 339 g/mol. The van der Waals surface area contributed by atoms with Gasteiger partial charge in [0, 0.05) is 17.4 Å². The number of nitrogens with zero attached hydrogens (tertiary/aromatic N) is 2. The number of benzene rings is 2. The van der Waals surface area contributed by atoms with Crippen LogP contribution < -0.4 is 10.6 Å². The van der Waals surface area contributed by atoms with Gasteiger partial charge < -0.3 is 10.6 Å². The van der Waals surface area contributed by atoms with Gasteiger partial charge >= 0.3 is 0 Å². The van der Waals surface area contributed by atoms with Crippen LogP contribution in [-0.2, 0) is 0 Å². The molecule has 122 valence electrons. The molecule has 0 unspecified atom stereocenters. The lowest BCUT2D eigenvalue weighted by Crippen LogP contribution is -2.03. The monoisotopic (exact) mass is 338 g/mol. The highest BCUT2D eigenvalue weighted by molar-refractivity contribution is 6.33. The Labute approximate surface area is 146 Å². The Morgan fingerprint density at radius 1 is 0.833 bits per heavy atom. The first-order chi connectivity index (χ1) is 11.5. The zero-order chi connectivity index (χ0) is 17.1. The van der Waals surface area contributed by atoms with Gasteiger partial charge in [0.1, 0.15) is 5.82 Å². The molecule has 0 spiro atoms. The summed E-state index contributed by atoms with van der Waals surface area (Å²) < 4.78 is 0. The summed E-state index contributed by atoms with van der Waals surface area (Å²) in [6, 6.07) is 15.8. The van der Waals surface area contributed by atoms with E-state index < -0.39 is 0 Å². The minimum atomic E-state index is 0.509. The SMILES string of the molecule is Cc1cc(C)cc(Nc2cc(C)nc(Nc3ccccc3Cl)n2)c1. The van der Waals surface area contributed by atoms with E-state index >= 15 is 0 Å². The van der Waals surface area contributed by atoms with E-state index in [1.54, 1.807) is 0 Å². The third-order valence-corrected chi connectivity index (χ3v) is 3.80. The number of para-hydroxylation sites is 1. The van der Waals surface area contributed by atoms with Crippen molar-refractivity contribution in [3.05, 3.63) is 70.4 Å². The molecule has 24 heavy (non-hydrogen) atoms. The van der Waals surface area contributed by atoms with Crippen LogP contribution in [0.2, 0.25) is 5.02 Å². The third kappa shape index (κ3) is 4.03. The Hall–Kier alpha value is -2.59. The summed E-state index contributed by atoms with van der Waals surface area (Å²) in [4.78, 5) is 8.96. The van der Waals surface area contributed by atoms with E-state index in [4.69, 9.17) is 11.6 Å². The quantitative estimate of drug-likeness (QED) is 0.655. The van der Waals surface area contributed by atoms with Crippen molar-refractivity contribution in [1.82, 2.24) is 9.97 Å². The first-order valence-electron chi connectivity index (χ1n) is 7.72. The molecule has 0 aliphatic carbocycles. The lowest BCUT2D eigenvalue weighted by molar-refractivity contribution is 1.11. The molecule has 5 heteroatoms. The Balaban J connectivity index is 1.87. The normalized spacial score (nSPS) is 10.5. The highest BCUT2D eigenvalue weighted by Gasteiger charge is 2.06. The zero-order valence-corrected chi connectivity index (χ0v) is 14.6. The molecule has 0 saturated carbocycles. The molecule has 0 aliphatic rings. The van der Waals surface area contributed by atoms with E-state index in [1.165, 1.54) is 11.1 Å². The van der Waals surface area contributed by atoms with Gasteiger partial charge in [-0.3, -0.25) is 0 Å². The lowest BCUT2D eigenvalue weighted by atomic mass is 10.1. The van der Waals surface area contributed by atoms with Gasteiger partial charge in [0.25, 0.3) is 0 Å². The predicted molar refractivity (Wildman–Crippen MR) is 101 cm³/mol. The summed E-state index contributed by atoms with van der Waals surface area (Å²) in [5.74, 6) is 1.25. The minimum absolute atomic E-state index is 0.509. The van der Waals surface area contributed by atoms with Crippen LogP contribution in [0.3, 0.4) is 0 Å². The average Bonchev–Trinajstić information content (AvgIpc) is 2.48. The van der Waals surface area contributed by atoms with Gasteiger partial charge in [-0.15, -0.1) is 0 Å². The number of hydrogen-bond donors (Lipinski definition) is 2. The van der Waals surface area contributed by atoms with E-state index in [0.29, 0.717) is 11.0 Å². The number of anilines is 4. The first-order valence-corrected chi connectivity index (χ1v) is 8.10. The summed E-state index contributed by atoms with van der Waals surface area (Å²) in [5, 5.41) is 7.14. The van der Waals surface area contributed by atoms with Gasteiger partial charge in [0.2, 0.25) is 5.95 Å². The van der Waals surface area contributed by atoms with Gasteiger partial charge in [-0.1, -0.05) is 29.8 Å². The Kier molecular flexibility index (Phi) is 4.67. The summed E-state index contributed by atoms with van der Waals surface area (Å²) in [5.41, 5.74) is 5.07. The standard InChI is InChI=1S/C19H19ClN4/c1-12-8-13(2)10-15(9-12)22-18-11-14(3)21-19(24-18)23-17-7-5-4-6-16(17)20/h4-11H,1-3H3,(H2,21,22,23,24). The lowest BCUT2D eigenvalue weighted by Gasteiger charge is -2.11. The van der Waals surface area contributed by atoms with Crippen molar-refractivity contribution >= 4 is 34.7 Å². The van der Waals surface area contributed by atoms with Gasteiger partial charge in [0.15, 0.2) is 0 Å². The fourth-order valence-electron chi connectivity index (χ4n) is 2.57. The Morgan fingerprint density at radius 3 is 2.25 bits per heavy atom. The van der Waals surface area contributed by atoms with E-state index in [2.05, 4.69) is 52.6 Å². The second-order valence-corrected chi connectivity index (χ2v) is 6.23. The molecule has 0 saturated heterocycles. The summed E-state index contributed by atoms with van der Waals surface area (Å²) in [7, 11) is 0. The van der Waals surface area contributed by atoms with E-state index in [0.717, 1.165) is 22.9 Å². The molecule has 0 amide bonds. The van der Waals surface area contributed by atoms with Crippen LogP contribution in [0.5, 0.6) is 0 Å². The van der Waals surface area contributed by atoms with Crippen molar-refractivity contribution in [1.29, 1.82) is 0 Å². The number of hydrogen-bond acceptors (Lipinski definition) is 4. The van der Waals surface area contributed by atoms with Crippen LogP contribution >= 0.6 is 11.6 Å². The smallest absolute Gasteiger partial charge is 0.229 e. The van der Waals surface area contributed by atoms with Gasteiger partial charge in [-0.05, 0) is 56.2 Å². The number of halogens is 1. The fourth-order valence-corrected chi connectivity index (χ4v) is 2.75. The Morgan fingerprint density at radius 2 is 1.54 bits per heavy atom. The molecule has 0 fully saturated rings. The maximum atomic E-state index is 6.18. The van der Waals surface area contributed by atoms with Crippen molar-refractivity contribution < 1.29 is 0 Å². The van der Waals surface area contributed by atoms with Crippen molar-refractivity contribution in [3.63, 3.8) is 0 Å². The maximum absolute atomic E-state index is 6.18. The number of nitrogens with one attached hydrogen (secondary N) is 2. The Bertz CT molecular complexity index is 857. The second kappa shape index (κ2) is 6.89. The van der Waals surface area contributed by atoms with Crippen LogP contribution in [-0.4, -0.2) is 9.97 Å². The van der Waals surface area contributed by atoms with Gasteiger partial charge in [-0.25, -0.2) is 4.98 Å². The number of aryl methyl sites for hydroxylation is 3. The van der Waals surface area contributed by atoms with Crippen LogP contribution in [0.4, 0.5) is 23.1 Å². The molecule has 1 heterocycles. The second-order valence-electron chi connectivity index (χ2n) is 5.82. The van der Waals surface area contributed by atoms with Crippen molar-refractivity contribution in [2.24, 2.45) is 0 Å². The molecule has 3 rings (SSSR count). The van der Waals surface area contributed by atoms with Crippen molar-refractivity contribution in [2.45, 2.75) is 20.8 Å². The molecule has 0 radical (unpaired) electrons. The number of rotatable bonds is 4. The van der Waals surface area contributed by atoms with Crippen LogP contribution in [0.1, 0.15) is 16.8 Å². The number of aromatic nitrogens is 2. The van der Waals surface area contributed by atoms with E-state index in [9.17, 15) is 0 Å². The third-order valence-electron chi connectivity index (χ3n) is 3.47. The highest BCUT2D eigenvalue weighted by Crippen LogP contribution is 2.25. The van der Waals surface area contributed by atoms with Crippen LogP contribution in [0, 0.1) is 20.8 Å². The van der Waals surface area contributed by atoms with Crippen LogP contribution in [0.25, 0.3) is 0 Å². The van der Waals surface area contributed by atoms with Gasteiger partial charge in [-0.2, -0.15) is 4.98 Å². The molecular weight excluding hydrogens is 320 g/mol. The van der Waals surface area contributed by atoms with Gasteiger partial charge in [0.05, 0.1) is 10.7 Å². The van der Waals surface area contributed by atoms with Crippen LogP contribution in [0.15, 0.2) is 48.5 Å². The summed E-state index contributed by atoms with van der Waals surface area (Å²) in [6.45, 7) is 6.09. The molecule has 2 aromatic carbocycles. The fraction of sp³-hybridized carbons (Fsp3) is 0.158. The maximum Gasteiger partial charge on any atom is 0.229 e.